The fourth-order valence-electron chi connectivity index (χ4n) is 2.46. The topological polar surface area (TPSA) is 66.6 Å². The quantitative estimate of drug-likeness (QED) is 0.742. The maximum absolute atomic E-state index is 5.97. The molecule has 2 N–H and O–H groups in total. The van der Waals surface area contributed by atoms with E-state index in [2.05, 4.69) is 0 Å². The maximum atomic E-state index is 5.97. The Morgan fingerprint density at radius 3 is 2.74 bits per heavy atom. The van der Waals surface area contributed by atoms with E-state index in [0.29, 0.717) is 11.4 Å². The van der Waals surface area contributed by atoms with Gasteiger partial charge in [-0.1, -0.05) is 0 Å². The molecule has 0 saturated carbocycles. The van der Waals surface area contributed by atoms with Gasteiger partial charge in [0.25, 0.3) is 0 Å². The minimum atomic E-state index is 0.270. The molecule has 4 rings (SSSR count). The average molecular weight is 326 g/mol. The summed E-state index contributed by atoms with van der Waals surface area (Å²) in [6.45, 7) is 0.270. The minimum Gasteiger partial charge on any atom is -0.495 e. The third-order valence-corrected chi connectivity index (χ3v) is 4.54. The van der Waals surface area contributed by atoms with Gasteiger partial charge >= 0.3 is 0 Å². The highest BCUT2D eigenvalue weighted by atomic mass is 32.1. The van der Waals surface area contributed by atoms with Gasteiger partial charge in [0.2, 0.25) is 6.79 Å². The number of rotatable bonds is 3. The van der Waals surface area contributed by atoms with Crippen LogP contribution in [0.2, 0.25) is 0 Å². The SMILES string of the molecule is COc1ccc(-c2nc(-c3ccc4c(c3)OCO4)cs2)cc1N. The third kappa shape index (κ3) is 2.47. The van der Waals surface area contributed by atoms with Crippen molar-refractivity contribution in [2.75, 3.05) is 19.6 Å². The predicted molar refractivity (Wildman–Crippen MR) is 90.1 cm³/mol. The van der Waals surface area contributed by atoms with Crippen molar-refractivity contribution in [3.63, 3.8) is 0 Å². The predicted octanol–water partition coefficient (Wildman–Crippen LogP) is 3.80. The lowest BCUT2D eigenvalue weighted by Gasteiger charge is -2.05. The summed E-state index contributed by atoms with van der Waals surface area (Å²) in [6.07, 6.45) is 0. The van der Waals surface area contributed by atoms with Crippen LogP contribution in [-0.2, 0) is 0 Å². The van der Waals surface area contributed by atoms with Crippen LogP contribution in [0.25, 0.3) is 21.8 Å². The fraction of sp³-hybridized carbons (Fsp3) is 0.118. The summed E-state index contributed by atoms with van der Waals surface area (Å²) in [5.74, 6) is 2.19. The van der Waals surface area contributed by atoms with Crippen molar-refractivity contribution in [1.82, 2.24) is 4.98 Å². The van der Waals surface area contributed by atoms with Crippen molar-refractivity contribution in [3.8, 4) is 39.1 Å². The highest BCUT2D eigenvalue weighted by Crippen LogP contribution is 2.37. The Labute approximate surface area is 137 Å². The van der Waals surface area contributed by atoms with Crippen molar-refractivity contribution in [1.29, 1.82) is 0 Å². The molecule has 0 amide bonds. The first kappa shape index (κ1) is 13.9. The van der Waals surface area contributed by atoms with Crippen LogP contribution in [0, 0.1) is 0 Å². The molecular formula is C17H14N2O3S. The van der Waals surface area contributed by atoms with Crippen molar-refractivity contribution in [2.24, 2.45) is 0 Å². The number of hydrogen-bond donors (Lipinski definition) is 1. The van der Waals surface area contributed by atoms with E-state index < -0.39 is 0 Å². The number of nitrogen functional groups attached to an aromatic ring is 1. The van der Waals surface area contributed by atoms with Crippen LogP contribution in [0.15, 0.2) is 41.8 Å². The van der Waals surface area contributed by atoms with Gasteiger partial charge in [0.05, 0.1) is 18.5 Å². The number of nitrogens with two attached hydrogens (primary N) is 1. The second kappa shape index (κ2) is 5.48. The molecule has 1 aromatic heterocycles. The monoisotopic (exact) mass is 326 g/mol. The van der Waals surface area contributed by atoms with Crippen LogP contribution in [0.3, 0.4) is 0 Å². The highest BCUT2D eigenvalue weighted by molar-refractivity contribution is 7.13. The zero-order valence-corrected chi connectivity index (χ0v) is 13.2. The normalized spacial score (nSPS) is 12.4. The molecule has 0 saturated heterocycles. The smallest absolute Gasteiger partial charge is 0.231 e. The summed E-state index contributed by atoms with van der Waals surface area (Å²) >= 11 is 1.57. The molecule has 0 spiro atoms. The molecule has 0 bridgehead atoms. The van der Waals surface area contributed by atoms with Gasteiger partial charge in [0, 0.05) is 16.5 Å². The molecule has 0 radical (unpaired) electrons. The lowest BCUT2D eigenvalue weighted by Crippen LogP contribution is -1.92. The van der Waals surface area contributed by atoms with Crippen molar-refractivity contribution < 1.29 is 14.2 Å². The van der Waals surface area contributed by atoms with Crippen LogP contribution >= 0.6 is 11.3 Å². The number of methoxy groups -OCH3 is 1. The summed E-state index contributed by atoms with van der Waals surface area (Å²) in [6, 6.07) is 11.5. The van der Waals surface area contributed by atoms with E-state index in [0.717, 1.165) is 33.3 Å². The van der Waals surface area contributed by atoms with Crippen LogP contribution in [0.4, 0.5) is 5.69 Å². The van der Waals surface area contributed by atoms with Crippen LogP contribution in [0.5, 0.6) is 17.2 Å². The highest BCUT2D eigenvalue weighted by Gasteiger charge is 2.15. The summed E-state index contributed by atoms with van der Waals surface area (Å²) in [7, 11) is 1.60. The van der Waals surface area contributed by atoms with E-state index in [4.69, 9.17) is 24.9 Å². The second-order valence-corrected chi connectivity index (χ2v) is 5.92. The second-order valence-electron chi connectivity index (χ2n) is 5.06. The third-order valence-electron chi connectivity index (χ3n) is 3.65. The van der Waals surface area contributed by atoms with Crippen molar-refractivity contribution >= 4 is 17.0 Å². The fourth-order valence-corrected chi connectivity index (χ4v) is 3.29. The number of thiazole rings is 1. The molecule has 0 atom stereocenters. The molecule has 116 valence electrons. The van der Waals surface area contributed by atoms with Gasteiger partial charge in [-0.15, -0.1) is 11.3 Å². The molecule has 23 heavy (non-hydrogen) atoms. The summed E-state index contributed by atoms with van der Waals surface area (Å²) in [5.41, 5.74) is 9.44. The Morgan fingerprint density at radius 1 is 1.09 bits per heavy atom. The molecule has 1 aliphatic heterocycles. The van der Waals surface area contributed by atoms with E-state index >= 15 is 0 Å². The summed E-state index contributed by atoms with van der Waals surface area (Å²) in [5, 5.41) is 2.93. The lowest BCUT2D eigenvalue weighted by atomic mass is 10.1. The van der Waals surface area contributed by atoms with Gasteiger partial charge in [0.1, 0.15) is 10.8 Å². The van der Waals surface area contributed by atoms with Gasteiger partial charge in [-0.25, -0.2) is 4.98 Å². The summed E-state index contributed by atoms with van der Waals surface area (Å²) < 4.78 is 15.9. The number of ether oxygens (including phenoxy) is 3. The maximum Gasteiger partial charge on any atom is 0.231 e. The molecule has 2 aromatic carbocycles. The molecule has 0 fully saturated rings. The Hall–Kier alpha value is -2.73. The van der Waals surface area contributed by atoms with Gasteiger partial charge < -0.3 is 19.9 Å². The number of fused-ring (bicyclic) bond motifs is 1. The van der Waals surface area contributed by atoms with Crippen LogP contribution in [-0.4, -0.2) is 18.9 Å². The summed E-state index contributed by atoms with van der Waals surface area (Å²) in [4.78, 5) is 4.70. The van der Waals surface area contributed by atoms with Crippen molar-refractivity contribution in [3.05, 3.63) is 41.8 Å². The zero-order chi connectivity index (χ0) is 15.8. The molecule has 0 aliphatic carbocycles. The Balaban J connectivity index is 1.68. The van der Waals surface area contributed by atoms with Gasteiger partial charge in [-0.3, -0.25) is 0 Å². The molecule has 3 aromatic rings. The molecular weight excluding hydrogens is 312 g/mol. The molecule has 6 heteroatoms. The molecule has 5 nitrogen and oxygen atoms in total. The standard InChI is InChI=1S/C17H14N2O3S/c1-20-14-4-3-11(6-12(14)18)17-19-13(8-23-17)10-2-5-15-16(7-10)22-9-21-15/h2-8H,9,18H2,1H3. The van der Waals surface area contributed by atoms with E-state index in [9.17, 15) is 0 Å². The largest absolute Gasteiger partial charge is 0.495 e. The number of hydrogen-bond acceptors (Lipinski definition) is 6. The Bertz CT molecular complexity index is 876. The Kier molecular flexibility index (Phi) is 3.31. The number of aromatic nitrogens is 1. The van der Waals surface area contributed by atoms with Gasteiger partial charge in [0.15, 0.2) is 11.5 Å². The average Bonchev–Trinajstić information content (AvgIpc) is 3.23. The van der Waals surface area contributed by atoms with Crippen LogP contribution < -0.4 is 19.9 Å². The number of benzene rings is 2. The van der Waals surface area contributed by atoms with Gasteiger partial charge in [-0.05, 0) is 36.4 Å². The van der Waals surface area contributed by atoms with E-state index in [1.54, 1.807) is 18.4 Å². The molecule has 1 aliphatic rings. The van der Waals surface area contributed by atoms with Crippen molar-refractivity contribution in [2.45, 2.75) is 0 Å². The number of nitrogens with zero attached hydrogens (tertiary/aromatic N) is 1. The van der Waals surface area contributed by atoms with E-state index in [-0.39, 0.29) is 6.79 Å². The molecule has 0 unspecified atom stereocenters. The minimum absolute atomic E-state index is 0.270. The first-order valence-electron chi connectivity index (χ1n) is 7.04. The first-order valence-corrected chi connectivity index (χ1v) is 7.92. The molecule has 2 heterocycles. The number of anilines is 1. The lowest BCUT2D eigenvalue weighted by molar-refractivity contribution is 0.174. The van der Waals surface area contributed by atoms with E-state index in [1.807, 2.05) is 41.8 Å². The van der Waals surface area contributed by atoms with Crippen LogP contribution in [0.1, 0.15) is 0 Å². The van der Waals surface area contributed by atoms with Gasteiger partial charge in [-0.2, -0.15) is 0 Å². The zero-order valence-electron chi connectivity index (χ0n) is 12.4. The van der Waals surface area contributed by atoms with E-state index in [1.165, 1.54) is 0 Å². The first-order chi connectivity index (χ1) is 11.2. The Morgan fingerprint density at radius 2 is 1.91 bits per heavy atom.